The van der Waals surface area contributed by atoms with Gasteiger partial charge in [0, 0.05) is 29.8 Å². The van der Waals surface area contributed by atoms with Crippen LogP contribution in [-0.2, 0) is 11.3 Å². The SMILES string of the molecule is Cc1cc(C)c(CNC(=O)c2ccc(C(C)CC(N)=O)cc2)c(=O)[nH]1. The van der Waals surface area contributed by atoms with Crippen LogP contribution in [0.2, 0.25) is 0 Å². The topological polar surface area (TPSA) is 105 Å². The van der Waals surface area contributed by atoms with Gasteiger partial charge in [-0.1, -0.05) is 19.1 Å². The molecule has 6 heteroatoms. The van der Waals surface area contributed by atoms with Crippen LogP contribution >= 0.6 is 0 Å². The van der Waals surface area contributed by atoms with E-state index in [9.17, 15) is 14.4 Å². The van der Waals surface area contributed by atoms with Crippen molar-refractivity contribution >= 4 is 11.8 Å². The van der Waals surface area contributed by atoms with Crippen molar-refractivity contribution in [2.45, 2.75) is 39.7 Å². The van der Waals surface area contributed by atoms with E-state index in [1.807, 2.05) is 39.0 Å². The van der Waals surface area contributed by atoms with Gasteiger partial charge in [0.25, 0.3) is 11.5 Å². The summed E-state index contributed by atoms with van der Waals surface area (Å²) in [6.07, 6.45) is 0.265. The molecular formula is C19H23N3O3. The molecule has 0 aliphatic heterocycles. The van der Waals surface area contributed by atoms with Gasteiger partial charge < -0.3 is 16.0 Å². The Labute approximate surface area is 146 Å². The summed E-state index contributed by atoms with van der Waals surface area (Å²) in [5.74, 6) is -0.607. The van der Waals surface area contributed by atoms with Gasteiger partial charge in [-0.25, -0.2) is 0 Å². The largest absolute Gasteiger partial charge is 0.370 e. The van der Waals surface area contributed by atoms with E-state index in [-0.39, 0.29) is 36.3 Å². The molecule has 0 saturated heterocycles. The Bertz CT molecular complexity index is 838. The minimum atomic E-state index is -0.354. The Balaban J connectivity index is 2.04. The first-order valence-electron chi connectivity index (χ1n) is 8.13. The van der Waals surface area contributed by atoms with Crippen molar-refractivity contribution in [1.82, 2.24) is 10.3 Å². The van der Waals surface area contributed by atoms with Gasteiger partial charge in [0.15, 0.2) is 0 Å². The molecule has 0 spiro atoms. The number of aromatic amines is 1. The Morgan fingerprint density at radius 2 is 1.84 bits per heavy atom. The number of nitrogens with two attached hydrogens (primary N) is 1. The third-order valence-corrected chi connectivity index (χ3v) is 4.17. The number of nitrogens with one attached hydrogen (secondary N) is 2. The highest BCUT2D eigenvalue weighted by atomic mass is 16.2. The molecule has 0 fully saturated rings. The van der Waals surface area contributed by atoms with E-state index in [0.717, 1.165) is 16.8 Å². The summed E-state index contributed by atoms with van der Waals surface area (Å²) in [5, 5.41) is 2.76. The standard InChI is InChI=1S/C19H23N3O3/c1-11(9-17(20)23)14-4-6-15(7-5-14)18(24)21-10-16-12(2)8-13(3)22-19(16)25/h4-8,11H,9-10H2,1-3H3,(H2,20,23)(H,21,24)(H,22,25). The Morgan fingerprint density at radius 1 is 1.20 bits per heavy atom. The van der Waals surface area contributed by atoms with Crippen LogP contribution in [0.5, 0.6) is 0 Å². The first kappa shape index (κ1) is 18.4. The highest BCUT2D eigenvalue weighted by molar-refractivity contribution is 5.94. The van der Waals surface area contributed by atoms with Gasteiger partial charge in [0.05, 0.1) is 0 Å². The molecule has 2 aromatic rings. The molecule has 1 unspecified atom stereocenters. The number of rotatable bonds is 6. The Kier molecular flexibility index (Phi) is 5.75. The average molecular weight is 341 g/mol. The first-order chi connectivity index (χ1) is 11.8. The summed E-state index contributed by atoms with van der Waals surface area (Å²) in [6.45, 7) is 5.74. The lowest BCUT2D eigenvalue weighted by Crippen LogP contribution is -2.27. The predicted octanol–water partition coefficient (Wildman–Crippen LogP) is 1.90. The third-order valence-electron chi connectivity index (χ3n) is 4.17. The maximum atomic E-state index is 12.3. The van der Waals surface area contributed by atoms with Crippen molar-refractivity contribution in [3.05, 3.63) is 68.6 Å². The number of carbonyl (C=O) groups excluding carboxylic acids is 2. The van der Waals surface area contributed by atoms with Gasteiger partial charge in [-0.15, -0.1) is 0 Å². The number of benzene rings is 1. The lowest BCUT2D eigenvalue weighted by atomic mass is 9.96. The molecule has 1 heterocycles. The summed E-state index contributed by atoms with van der Waals surface area (Å²) in [6, 6.07) is 8.90. The van der Waals surface area contributed by atoms with Crippen LogP contribution < -0.4 is 16.6 Å². The summed E-state index contributed by atoms with van der Waals surface area (Å²) in [4.78, 5) is 38.0. The molecule has 1 aromatic carbocycles. The predicted molar refractivity (Wildman–Crippen MR) is 96.4 cm³/mol. The quantitative estimate of drug-likeness (QED) is 0.747. The molecule has 1 atom stereocenters. The third kappa shape index (κ3) is 4.79. The monoisotopic (exact) mass is 341 g/mol. The van der Waals surface area contributed by atoms with Crippen molar-refractivity contribution in [1.29, 1.82) is 0 Å². The summed E-state index contributed by atoms with van der Waals surface area (Å²) >= 11 is 0. The minimum absolute atomic E-state index is 0.00313. The first-order valence-corrected chi connectivity index (χ1v) is 8.13. The minimum Gasteiger partial charge on any atom is -0.370 e. The van der Waals surface area contributed by atoms with Gasteiger partial charge in [0.2, 0.25) is 5.91 Å². The van der Waals surface area contributed by atoms with E-state index >= 15 is 0 Å². The van der Waals surface area contributed by atoms with Gasteiger partial charge in [-0.05, 0) is 49.1 Å². The van der Waals surface area contributed by atoms with E-state index in [1.165, 1.54) is 0 Å². The number of primary amides is 1. The number of aryl methyl sites for hydroxylation is 2. The van der Waals surface area contributed by atoms with Crippen LogP contribution in [0.25, 0.3) is 0 Å². The Hall–Kier alpha value is -2.89. The van der Waals surface area contributed by atoms with Crippen molar-refractivity contribution in [3.63, 3.8) is 0 Å². The molecular weight excluding hydrogens is 318 g/mol. The molecule has 2 rings (SSSR count). The molecule has 0 bridgehead atoms. The van der Waals surface area contributed by atoms with Crippen molar-refractivity contribution in [2.75, 3.05) is 0 Å². The van der Waals surface area contributed by atoms with Crippen LogP contribution in [0.4, 0.5) is 0 Å². The van der Waals surface area contributed by atoms with Crippen LogP contribution in [0.3, 0.4) is 0 Å². The van der Waals surface area contributed by atoms with Crippen molar-refractivity contribution < 1.29 is 9.59 Å². The van der Waals surface area contributed by atoms with Gasteiger partial charge in [0.1, 0.15) is 0 Å². The summed E-state index contributed by atoms with van der Waals surface area (Å²) in [5.41, 5.74) is 8.64. The number of amides is 2. The second kappa shape index (κ2) is 7.79. The highest BCUT2D eigenvalue weighted by Gasteiger charge is 2.12. The van der Waals surface area contributed by atoms with E-state index in [0.29, 0.717) is 11.1 Å². The highest BCUT2D eigenvalue weighted by Crippen LogP contribution is 2.19. The lowest BCUT2D eigenvalue weighted by Gasteiger charge is -2.11. The van der Waals surface area contributed by atoms with Crippen molar-refractivity contribution in [3.8, 4) is 0 Å². The zero-order valence-electron chi connectivity index (χ0n) is 14.7. The van der Waals surface area contributed by atoms with E-state index in [1.54, 1.807) is 12.1 Å². The van der Waals surface area contributed by atoms with Crippen LogP contribution in [0.1, 0.15) is 52.0 Å². The second-order valence-electron chi connectivity index (χ2n) is 6.32. The number of hydrogen-bond donors (Lipinski definition) is 3. The molecule has 6 nitrogen and oxygen atoms in total. The number of carbonyl (C=O) groups is 2. The molecule has 4 N–H and O–H groups in total. The van der Waals surface area contributed by atoms with Crippen LogP contribution in [0, 0.1) is 13.8 Å². The normalized spacial score (nSPS) is 11.8. The average Bonchev–Trinajstić information content (AvgIpc) is 2.53. The zero-order valence-corrected chi connectivity index (χ0v) is 14.7. The molecule has 0 radical (unpaired) electrons. The van der Waals surface area contributed by atoms with Crippen LogP contribution in [-0.4, -0.2) is 16.8 Å². The van der Waals surface area contributed by atoms with Crippen LogP contribution in [0.15, 0.2) is 35.1 Å². The van der Waals surface area contributed by atoms with Crippen molar-refractivity contribution in [2.24, 2.45) is 5.73 Å². The molecule has 0 aliphatic carbocycles. The number of H-pyrrole nitrogens is 1. The molecule has 0 aliphatic rings. The van der Waals surface area contributed by atoms with E-state index < -0.39 is 0 Å². The van der Waals surface area contributed by atoms with E-state index in [4.69, 9.17) is 5.73 Å². The van der Waals surface area contributed by atoms with Gasteiger partial charge in [-0.2, -0.15) is 0 Å². The number of pyridine rings is 1. The molecule has 1 aromatic heterocycles. The zero-order chi connectivity index (χ0) is 18.6. The molecule has 2 amide bonds. The second-order valence-corrected chi connectivity index (χ2v) is 6.32. The smallest absolute Gasteiger partial charge is 0.253 e. The lowest BCUT2D eigenvalue weighted by molar-refractivity contribution is -0.118. The maximum absolute atomic E-state index is 12.3. The number of aromatic nitrogens is 1. The molecule has 0 saturated carbocycles. The van der Waals surface area contributed by atoms with E-state index in [2.05, 4.69) is 10.3 Å². The summed E-state index contributed by atoms with van der Waals surface area (Å²) < 4.78 is 0. The molecule has 132 valence electrons. The van der Waals surface area contributed by atoms with Gasteiger partial charge >= 0.3 is 0 Å². The maximum Gasteiger partial charge on any atom is 0.253 e. The molecule has 25 heavy (non-hydrogen) atoms. The Morgan fingerprint density at radius 3 is 2.40 bits per heavy atom. The fraction of sp³-hybridized carbons (Fsp3) is 0.316. The number of hydrogen-bond acceptors (Lipinski definition) is 3. The fourth-order valence-electron chi connectivity index (χ4n) is 2.75. The van der Waals surface area contributed by atoms with Gasteiger partial charge in [-0.3, -0.25) is 14.4 Å². The fourth-order valence-corrected chi connectivity index (χ4v) is 2.75. The summed E-state index contributed by atoms with van der Waals surface area (Å²) in [7, 11) is 0.